The van der Waals surface area contributed by atoms with Crippen LogP contribution in [0.3, 0.4) is 0 Å². The van der Waals surface area contributed by atoms with Crippen LogP contribution in [0.2, 0.25) is 0 Å². The van der Waals surface area contributed by atoms with Gasteiger partial charge in [-0.05, 0) is 49.4 Å². The first-order chi connectivity index (χ1) is 11.4. The van der Waals surface area contributed by atoms with Crippen molar-refractivity contribution < 1.29 is 23.7 Å². The predicted molar refractivity (Wildman–Crippen MR) is 90.4 cm³/mol. The van der Waals surface area contributed by atoms with Crippen molar-refractivity contribution in [3.05, 3.63) is 24.3 Å². The molecule has 134 valence electrons. The van der Waals surface area contributed by atoms with Gasteiger partial charge in [0.05, 0.1) is 31.0 Å². The molecule has 1 aromatic carbocycles. The predicted octanol–water partition coefficient (Wildman–Crippen LogP) is 1.79. The molecule has 0 amide bonds. The van der Waals surface area contributed by atoms with Gasteiger partial charge in [0, 0.05) is 6.54 Å². The first kappa shape index (κ1) is 19.0. The molecular formula is C17H25NO5P-. The highest BCUT2D eigenvalue weighted by Gasteiger charge is 2.40. The Kier molecular flexibility index (Phi) is 6.44. The minimum Gasteiger partial charge on any atom is -0.548 e. The Bertz CT molecular complexity index is 602. The molecule has 0 radical (unpaired) electrons. The van der Waals surface area contributed by atoms with E-state index < -0.39 is 19.5 Å². The van der Waals surface area contributed by atoms with E-state index in [1.54, 1.807) is 31.4 Å². The zero-order valence-electron chi connectivity index (χ0n) is 14.4. The lowest BCUT2D eigenvalue weighted by Gasteiger charge is -2.37. The van der Waals surface area contributed by atoms with Gasteiger partial charge in [-0.3, -0.25) is 4.57 Å². The van der Waals surface area contributed by atoms with Crippen LogP contribution in [0.1, 0.15) is 33.1 Å². The van der Waals surface area contributed by atoms with E-state index in [1.165, 1.54) is 4.67 Å². The fourth-order valence-electron chi connectivity index (χ4n) is 2.89. The third-order valence-corrected chi connectivity index (χ3v) is 6.75. The highest BCUT2D eigenvalue weighted by Crippen LogP contribution is 2.53. The summed E-state index contributed by atoms with van der Waals surface area (Å²) in [5.74, 6) is -0.422. The van der Waals surface area contributed by atoms with E-state index in [9.17, 15) is 14.5 Å². The van der Waals surface area contributed by atoms with Gasteiger partial charge in [0.25, 0.3) is 0 Å². The molecule has 0 aliphatic carbocycles. The van der Waals surface area contributed by atoms with Crippen molar-refractivity contribution in [3.8, 4) is 5.75 Å². The number of hydrogen-bond acceptors (Lipinski definition) is 5. The zero-order valence-corrected chi connectivity index (χ0v) is 15.3. The highest BCUT2D eigenvalue weighted by molar-refractivity contribution is 7.64. The van der Waals surface area contributed by atoms with E-state index in [0.717, 1.165) is 12.8 Å². The summed E-state index contributed by atoms with van der Waals surface area (Å²) in [7, 11) is -1.90. The van der Waals surface area contributed by atoms with E-state index in [0.29, 0.717) is 30.6 Å². The number of benzene rings is 1. The molecule has 1 aliphatic rings. The summed E-state index contributed by atoms with van der Waals surface area (Å²) >= 11 is 0. The lowest BCUT2D eigenvalue weighted by atomic mass is 10.0. The van der Waals surface area contributed by atoms with Crippen LogP contribution < -0.4 is 15.1 Å². The van der Waals surface area contributed by atoms with Crippen LogP contribution in [0, 0.1) is 5.92 Å². The maximum absolute atomic E-state index is 13.7. The number of carboxylic acids is 1. The molecule has 7 heteroatoms. The van der Waals surface area contributed by atoms with Crippen molar-refractivity contribution in [3.63, 3.8) is 0 Å². The molecule has 1 aromatic rings. The monoisotopic (exact) mass is 354 g/mol. The fraction of sp³-hybridized carbons (Fsp3) is 0.588. The van der Waals surface area contributed by atoms with E-state index in [2.05, 4.69) is 0 Å². The summed E-state index contributed by atoms with van der Waals surface area (Å²) in [5, 5.41) is 12.2. The standard InChI is InChI=1S/C17H26NO5P/c1-13(2)12-16(17(19)20)18-10-4-5-11-23-24(18,21)15-8-6-14(22-3)7-9-15/h6-9,13,16H,4-5,10-12H2,1-3H3,(H,19,20)/p-1. The number of carboxylic acid groups (broad SMARTS) is 1. The maximum Gasteiger partial charge on any atom is 0.302 e. The van der Waals surface area contributed by atoms with E-state index >= 15 is 0 Å². The van der Waals surface area contributed by atoms with Crippen molar-refractivity contribution in [1.29, 1.82) is 0 Å². The number of hydrogen-bond donors (Lipinski definition) is 0. The second kappa shape index (κ2) is 8.15. The third-order valence-electron chi connectivity index (χ3n) is 4.11. The number of carbonyl (C=O) groups excluding carboxylic acids is 1. The SMILES string of the molecule is COc1ccc(P2(=O)OCCCCN2C(CC(C)C)C(=O)[O-])cc1. The highest BCUT2D eigenvalue weighted by atomic mass is 31.2. The number of methoxy groups -OCH3 is 1. The second-order valence-electron chi connectivity index (χ2n) is 6.39. The Hall–Kier alpha value is -1.36. The Morgan fingerprint density at radius 1 is 1.33 bits per heavy atom. The van der Waals surface area contributed by atoms with Crippen molar-refractivity contribution in [1.82, 2.24) is 4.67 Å². The number of aliphatic carboxylic acids is 1. The van der Waals surface area contributed by atoms with Gasteiger partial charge in [-0.2, -0.15) is 0 Å². The molecule has 1 aliphatic heterocycles. The lowest BCUT2D eigenvalue weighted by Crippen LogP contribution is -2.48. The van der Waals surface area contributed by atoms with Gasteiger partial charge in [0.15, 0.2) is 0 Å². The van der Waals surface area contributed by atoms with Crippen LogP contribution in [0.4, 0.5) is 0 Å². The van der Waals surface area contributed by atoms with Crippen molar-refractivity contribution in [2.75, 3.05) is 20.3 Å². The van der Waals surface area contributed by atoms with E-state index in [1.807, 2.05) is 13.8 Å². The molecule has 1 saturated heterocycles. The van der Waals surface area contributed by atoms with Crippen molar-refractivity contribution in [2.45, 2.75) is 39.2 Å². The largest absolute Gasteiger partial charge is 0.548 e. The number of carbonyl (C=O) groups is 1. The number of nitrogens with zero attached hydrogens (tertiary/aromatic N) is 1. The third kappa shape index (κ3) is 4.18. The second-order valence-corrected chi connectivity index (χ2v) is 8.72. The first-order valence-corrected chi connectivity index (χ1v) is 9.83. The topological polar surface area (TPSA) is 78.9 Å². The van der Waals surface area contributed by atoms with E-state index in [4.69, 9.17) is 9.26 Å². The smallest absolute Gasteiger partial charge is 0.302 e. The summed E-state index contributed by atoms with van der Waals surface area (Å²) in [6.45, 7) is 4.63. The number of rotatable bonds is 6. The molecule has 0 bridgehead atoms. The molecule has 0 N–H and O–H groups in total. The van der Waals surface area contributed by atoms with Gasteiger partial charge in [-0.1, -0.05) is 13.8 Å². The molecule has 24 heavy (non-hydrogen) atoms. The first-order valence-electron chi connectivity index (χ1n) is 8.25. The Morgan fingerprint density at radius 3 is 2.54 bits per heavy atom. The summed E-state index contributed by atoms with van der Waals surface area (Å²) in [6.07, 6.45) is 1.85. The average molecular weight is 354 g/mol. The molecule has 0 saturated carbocycles. The summed E-state index contributed by atoms with van der Waals surface area (Å²) < 4.78 is 26.1. The molecular weight excluding hydrogens is 329 g/mol. The van der Waals surface area contributed by atoms with Gasteiger partial charge >= 0.3 is 7.52 Å². The maximum atomic E-state index is 13.7. The molecule has 0 spiro atoms. The summed E-state index contributed by atoms with van der Waals surface area (Å²) in [5.41, 5.74) is 0. The molecule has 2 atom stereocenters. The lowest BCUT2D eigenvalue weighted by molar-refractivity contribution is -0.311. The molecule has 0 aromatic heterocycles. The van der Waals surface area contributed by atoms with Crippen molar-refractivity contribution in [2.24, 2.45) is 5.92 Å². The average Bonchev–Trinajstić information content (AvgIpc) is 2.75. The van der Waals surface area contributed by atoms with Crippen LogP contribution in [0.5, 0.6) is 5.75 Å². The van der Waals surface area contributed by atoms with Gasteiger partial charge in [0.1, 0.15) is 5.75 Å². The summed E-state index contributed by atoms with van der Waals surface area (Å²) in [4.78, 5) is 11.7. The molecule has 2 unspecified atom stereocenters. The van der Waals surface area contributed by atoms with Gasteiger partial charge < -0.3 is 19.2 Å². The minimum absolute atomic E-state index is 0.139. The quantitative estimate of drug-likeness (QED) is 0.725. The molecule has 6 nitrogen and oxygen atoms in total. The fourth-order valence-corrected chi connectivity index (χ4v) is 5.35. The van der Waals surface area contributed by atoms with Crippen LogP contribution in [-0.2, 0) is 13.9 Å². The Morgan fingerprint density at radius 2 is 2.00 bits per heavy atom. The van der Waals surface area contributed by atoms with Gasteiger partial charge in [-0.15, -0.1) is 0 Å². The van der Waals surface area contributed by atoms with Crippen molar-refractivity contribution >= 4 is 18.8 Å². The Balaban J connectivity index is 2.43. The van der Waals surface area contributed by atoms with Crippen LogP contribution >= 0.6 is 7.52 Å². The Labute approximate surface area is 143 Å². The molecule has 2 rings (SSSR count). The van der Waals surface area contributed by atoms with Crippen LogP contribution in [0.15, 0.2) is 24.3 Å². The van der Waals surface area contributed by atoms with Crippen LogP contribution in [-0.4, -0.2) is 36.9 Å². The summed E-state index contributed by atoms with van der Waals surface area (Å²) in [6, 6.07) is 5.84. The van der Waals surface area contributed by atoms with E-state index in [-0.39, 0.29) is 5.92 Å². The van der Waals surface area contributed by atoms with Gasteiger partial charge in [0.2, 0.25) is 0 Å². The molecule has 1 heterocycles. The minimum atomic E-state index is -3.46. The zero-order chi connectivity index (χ0) is 17.7. The van der Waals surface area contributed by atoms with Gasteiger partial charge in [-0.25, -0.2) is 4.67 Å². The molecule has 1 fully saturated rings. The number of ether oxygens (including phenoxy) is 1. The van der Waals surface area contributed by atoms with Crippen LogP contribution in [0.25, 0.3) is 0 Å². The normalized spacial score (nSPS) is 23.7.